The molecule has 0 N–H and O–H groups in total. The van der Waals surface area contributed by atoms with Crippen LogP contribution in [-0.4, -0.2) is 23.9 Å². The monoisotopic (exact) mass is 237 g/mol. The van der Waals surface area contributed by atoms with Gasteiger partial charge in [-0.25, -0.2) is 0 Å². The van der Waals surface area contributed by atoms with Gasteiger partial charge in [0.1, 0.15) is 0 Å². The van der Waals surface area contributed by atoms with Gasteiger partial charge in [0.15, 0.2) is 0 Å². The number of rotatable bonds is 3. The summed E-state index contributed by atoms with van der Waals surface area (Å²) in [5, 5.41) is 0. The Bertz CT molecular complexity index is 225. The molecule has 1 saturated heterocycles. The highest BCUT2D eigenvalue weighted by Gasteiger charge is 2.19. The van der Waals surface area contributed by atoms with Gasteiger partial charge in [0.05, 0.1) is 0 Å². The molecule has 0 spiro atoms. The maximum absolute atomic E-state index is 12.1. The fourth-order valence-electron chi connectivity index (χ4n) is 3.28. The van der Waals surface area contributed by atoms with Crippen molar-refractivity contribution in [2.45, 2.75) is 70.6 Å². The second kappa shape index (κ2) is 7.03. The number of carbonyl (C=O) groups is 1. The summed E-state index contributed by atoms with van der Waals surface area (Å²) in [7, 11) is 0. The van der Waals surface area contributed by atoms with Crippen LogP contribution in [-0.2, 0) is 4.79 Å². The Hall–Kier alpha value is -0.530. The van der Waals surface area contributed by atoms with Gasteiger partial charge in [-0.05, 0) is 25.2 Å². The summed E-state index contributed by atoms with van der Waals surface area (Å²) in [6.07, 6.45) is 13.9. The first kappa shape index (κ1) is 12.9. The average Bonchev–Trinajstić information content (AvgIpc) is 2.78. The maximum atomic E-state index is 12.1. The van der Waals surface area contributed by atoms with E-state index in [1.165, 1.54) is 57.8 Å². The molecule has 0 radical (unpaired) electrons. The van der Waals surface area contributed by atoms with E-state index in [9.17, 15) is 4.79 Å². The van der Waals surface area contributed by atoms with E-state index in [2.05, 4.69) is 4.90 Å². The normalized spacial score (nSPS) is 23.4. The van der Waals surface area contributed by atoms with Crippen LogP contribution in [0.2, 0.25) is 0 Å². The molecule has 0 bridgehead atoms. The highest BCUT2D eigenvalue weighted by Crippen LogP contribution is 2.28. The van der Waals surface area contributed by atoms with E-state index in [-0.39, 0.29) is 0 Å². The number of nitrogens with zero attached hydrogens (tertiary/aromatic N) is 1. The van der Waals surface area contributed by atoms with Crippen molar-refractivity contribution in [2.75, 3.05) is 13.1 Å². The van der Waals surface area contributed by atoms with Crippen molar-refractivity contribution in [1.29, 1.82) is 0 Å². The summed E-state index contributed by atoms with van der Waals surface area (Å²) in [5.74, 6) is 1.28. The molecule has 0 atom stereocenters. The third-order valence-electron chi connectivity index (χ3n) is 4.45. The van der Waals surface area contributed by atoms with Gasteiger partial charge in [-0.1, -0.05) is 44.9 Å². The van der Waals surface area contributed by atoms with Crippen molar-refractivity contribution in [1.82, 2.24) is 4.90 Å². The van der Waals surface area contributed by atoms with Crippen molar-refractivity contribution in [2.24, 2.45) is 5.92 Å². The molecule has 0 aromatic rings. The van der Waals surface area contributed by atoms with Crippen LogP contribution in [0.25, 0.3) is 0 Å². The van der Waals surface area contributed by atoms with E-state index >= 15 is 0 Å². The fourth-order valence-corrected chi connectivity index (χ4v) is 3.28. The molecule has 0 aromatic heterocycles. The Morgan fingerprint density at radius 1 is 0.882 bits per heavy atom. The molecule has 0 unspecified atom stereocenters. The minimum Gasteiger partial charge on any atom is -0.343 e. The van der Waals surface area contributed by atoms with Gasteiger partial charge in [-0.3, -0.25) is 4.79 Å². The molecule has 98 valence electrons. The molecule has 1 heterocycles. The van der Waals surface area contributed by atoms with E-state index in [1.54, 1.807) is 0 Å². The van der Waals surface area contributed by atoms with Crippen molar-refractivity contribution in [3.05, 3.63) is 0 Å². The molecular weight excluding hydrogens is 210 g/mol. The van der Waals surface area contributed by atoms with Crippen molar-refractivity contribution in [3.63, 3.8) is 0 Å². The third-order valence-corrected chi connectivity index (χ3v) is 4.45. The SMILES string of the molecule is O=C(CCC1CCCC1)N1CCCCCCC1. The van der Waals surface area contributed by atoms with Gasteiger partial charge < -0.3 is 4.90 Å². The fraction of sp³-hybridized carbons (Fsp3) is 0.933. The zero-order chi connectivity index (χ0) is 11.9. The van der Waals surface area contributed by atoms with E-state index in [4.69, 9.17) is 0 Å². The Morgan fingerprint density at radius 3 is 2.12 bits per heavy atom. The van der Waals surface area contributed by atoms with Crippen molar-refractivity contribution < 1.29 is 4.79 Å². The van der Waals surface area contributed by atoms with Gasteiger partial charge in [-0.15, -0.1) is 0 Å². The third kappa shape index (κ3) is 4.33. The largest absolute Gasteiger partial charge is 0.343 e. The van der Waals surface area contributed by atoms with Crippen LogP contribution in [0.15, 0.2) is 0 Å². The lowest BCUT2D eigenvalue weighted by Gasteiger charge is -2.25. The van der Waals surface area contributed by atoms with Crippen molar-refractivity contribution in [3.8, 4) is 0 Å². The Morgan fingerprint density at radius 2 is 1.47 bits per heavy atom. The molecular formula is C15H27NO. The first-order valence-electron chi connectivity index (χ1n) is 7.64. The topological polar surface area (TPSA) is 20.3 Å². The summed E-state index contributed by atoms with van der Waals surface area (Å²) in [5.41, 5.74) is 0. The molecule has 2 heteroatoms. The minimum atomic E-state index is 0.429. The summed E-state index contributed by atoms with van der Waals surface area (Å²) >= 11 is 0. The van der Waals surface area contributed by atoms with Gasteiger partial charge in [0.2, 0.25) is 5.91 Å². The van der Waals surface area contributed by atoms with E-state index in [1.807, 2.05) is 0 Å². The second-order valence-corrected chi connectivity index (χ2v) is 5.84. The average molecular weight is 237 g/mol. The molecule has 2 fully saturated rings. The van der Waals surface area contributed by atoms with Crippen LogP contribution in [0.1, 0.15) is 70.6 Å². The predicted molar refractivity (Wildman–Crippen MR) is 70.9 cm³/mol. The Kier molecular flexibility index (Phi) is 5.34. The highest BCUT2D eigenvalue weighted by molar-refractivity contribution is 5.76. The molecule has 1 aliphatic heterocycles. The van der Waals surface area contributed by atoms with E-state index in [0.29, 0.717) is 5.91 Å². The zero-order valence-corrected chi connectivity index (χ0v) is 11.1. The lowest BCUT2D eigenvalue weighted by atomic mass is 10.0. The van der Waals surface area contributed by atoms with Crippen LogP contribution in [0.5, 0.6) is 0 Å². The number of carbonyl (C=O) groups excluding carboxylic acids is 1. The van der Waals surface area contributed by atoms with Crippen LogP contribution < -0.4 is 0 Å². The van der Waals surface area contributed by atoms with Crippen LogP contribution in [0, 0.1) is 5.92 Å². The molecule has 2 aliphatic rings. The highest BCUT2D eigenvalue weighted by atomic mass is 16.2. The summed E-state index contributed by atoms with van der Waals surface area (Å²) in [6, 6.07) is 0. The van der Waals surface area contributed by atoms with Crippen LogP contribution in [0.3, 0.4) is 0 Å². The molecule has 2 rings (SSSR count). The summed E-state index contributed by atoms with van der Waals surface area (Å²) in [6.45, 7) is 2.03. The zero-order valence-electron chi connectivity index (χ0n) is 11.1. The summed E-state index contributed by atoms with van der Waals surface area (Å²) in [4.78, 5) is 14.3. The molecule has 0 aromatic carbocycles. The minimum absolute atomic E-state index is 0.429. The standard InChI is InChI=1S/C15H27NO/c17-15(11-10-14-8-4-5-9-14)16-12-6-2-1-3-7-13-16/h14H,1-13H2. The number of hydrogen-bond acceptors (Lipinski definition) is 1. The van der Waals surface area contributed by atoms with Gasteiger partial charge in [0, 0.05) is 19.5 Å². The lowest BCUT2D eigenvalue weighted by Crippen LogP contribution is -2.33. The Balaban J connectivity index is 1.69. The first-order valence-corrected chi connectivity index (χ1v) is 7.64. The van der Waals surface area contributed by atoms with Crippen LogP contribution >= 0.6 is 0 Å². The number of amides is 1. The predicted octanol–water partition coefficient (Wildman–Crippen LogP) is 3.75. The van der Waals surface area contributed by atoms with Gasteiger partial charge in [0.25, 0.3) is 0 Å². The Labute approximate surface area is 106 Å². The summed E-state index contributed by atoms with van der Waals surface area (Å²) < 4.78 is 0. The van der Waals surface area contributed by atoms with E-state index in [0.717, 1.165) is 31.8 Å². The molecule has 1 aliphatic carbocycles. The second-order valence-electron chi connectivity index (χ2n) is 5.84. The smallest absolute Gasteiger partial charge is 0.222 e. The maximum Gasteiger partial charge on any atom is 0.222 e. The van der Waals surface area contributed by atoms with Crippen LogP contribution in [0.4, 0.5) is 0 Å². The molecule has 1 saturated carbocycles. The molecule has 2 nitrogen and oxygen atoms in total. The molecule has 17 heavy (non-hydrogen) atoms. The molecule has 1 amide bonds. The quantitative estimate of drug-likeness (QED) is 0.732. The van der Waals surface area contributed by atoms with Crippen molar-refractivity contribution >= 4 is 5.91 Å². The number of likely N-dealkylation sites (tertiary alicyclic amines) is 1. The van der Waals surface area contributed by atoms with Gasteiger partial charge >= 0.3 is 0 Å². The van der Waals surface area contributed by atoms with Gasteiger partial charge in [-0.2, -0.15) is 0 Å². The first-order chi connectivity index (χ1) is 8.36. The lowest BCUT2D eigenvalue weighted by molar-refractivity contribution is -0.131. The van der Waals surface area contributed by atoms with E-state index < -0.39 is 0 Å². The number of hydrogen-bond donors (Lipinski definition) is 0.